The minimum atomic E-state index is -0.603. The molecule has 0 amide bonds. The van der Waals surface area contributed by atoms with Crippen molar-refractivity contribution in [2.24, 2.45) is 0 Å². The Labute approximate surface area is 124 Å². The van der Waals surface area contributed by atoms with Gasteiger partial charge in [0, 0.05) is 6.42 Å². The van der Waals surface area contributed by atoms with Crippen LogP contribution in [0.5, 0.6) is 17.2 Å². The van der Waals surface area contributed by atoms with E-state index in [4.69, 9.17) is 14.2 Å². The second kappa shape index (κ2) is 7.55. The highest BCUT2D eigenvalue weighted by Crippen LogP contribution is 2.30. The number of hydrogen-bond acceptors (Lipinski definition) is 4. The van der Waals surface area contributed by atoms with Crippen molar-refractivity contribution in [1.29, 1.82) is 0 Å². The maximum atomic E-state index is 10.2. The zero-order chi connectivity index (χ0) is 15.1. The molecule has 0 saturated carbocycles. The number of aliphatic hydroxyl groups excluding tert-OH is 1. The van der Waals surface area contributed by atoms with Crippen molar-refractivity contribution in [2.45, 2.75) is 12.5 Å². The van der Waals surface area contributed by atoms with E-state index in [1.165, 1.54) is 0 Å². The van der Waals surface area contributed by atoms with Gasteiger partial charge in [0.1, 0.15) is 5.75 Å². The molecule has 0 aliphatic heterocycles. The molecule has 1 unspecified atom stereocenters. The van der Waals surface area contributed by atoms with Gasteiger partial charge >= 0.3 is 0 Å². The van der Waals surface area contributed by atoms with Crippen LogP contribution in [0.2, 0.25) is 0 Å². The first-order valence-electron chi connectivity index (χ1n) is 6.82. The van der Waals surface area contributed by atoms with Gasteiger partial charge in [-0.1, -0.05) is 24.3 Å². The molecule has 4 nitrogen and oxygen atoms in total. The van der Waals surface area contributed by atoms with Crippen LogP contribution < -0.4 is 14.2 Å². The third kappa shape index (κ3) is 4.13. The molecule has 0 aromatic heterocycles. The van der Waals surface area contributed by atoms with E-state index in [-0.39, 0.29) is 0 Å². The Hall–Kier alpha value is -2.20. The Bertz CT molecular complexity index is 554. The minimum Gasteiger partial charge on any atom is -0.493 e. The first-order chi connectivity index (χ1) is 10.2. The summed E-state index contributed by atoms with van der Waals surface area (Å²) in [5.74, 6) is 2.06. The normalized spacial score (nSPS) is 11.8. The number of benzene rings is 2. The summed E-state index contributed by atoms with van der Waals surface area (Å²) in [5.41, 5.74) is 0.782. The van der Waals surface area contributed by atoms with E-state index in [0.29, 0.717) is 24.5 Å². The first-order valence-corrected chi connectivity index (χ1v) is 6.82. The van der Waals surface area contributed by atoms with Gasteiger partial charge in [-0.3, -0.25) is 0 Å². The third-order valence-electron chi connectivity index (χ3n) is 3.20. The van der Waals surface area contributed by atoms with Gasteiger partial charge in [0.25, 0.3) is 0 Å². The molecule has 0 saturated heterocycles. The van der Waals surface area contributed by atoms with Crippen LogP contribution in [0.15, 0.2) is 48.5 Å². The van der Waals surface area contributed by atoms with Crippen molar-refractivity contribution < 1.29 is 19.3 Å². The lowest BCUT2D eigenvalue weighted by Crippen LogP contribution is -2.05. The highest BCUT2D eigenvalue weighted by atomic mass is 16.5. The van der Waals surface area contributed by atoms with Gasteiger partial charge in [-0.15, -0.1) is 0 Å². The van der Waals surface area contributed by atoms with Crippen molar-refractivity contribution in [3.8, 4) is 17.2 Å². The zero-order valence-electron chi connectivity index (χ0n) is 12.3. The van der Waals surface area contributed by atoms with Gasteiger partial charge in [-0.05, 0) is 29.8 Å². The van der Waals surface area contributed by atoms with Crippen LogP contribution in [0.4, 0.5) is 0 Å². The van der Waals surface area contributed by atoms with E-state index in [1.807, 2.05) is 36.4 Å². The van der Waals surface area contributed by atoms with Gasteiger partial charge in [-0.25, -0.2) is 0 Å². The average Bonchev–Trinajstić information content (AvgIpc) is 2.55. The van der Waals surface area contributed by atoms with Crippen LogP contribution in [0.1, 0.15) is 18.1 Å². The zero-order valence-corrected chi connectivity index (χ0v) is 12.3. The van der Waals surface area contributed by atoms with Crippen LogP contribution in [-0.4, -0.2) is 25.9 Å². The average molecular weight is 288 g/mol. The Morgan fingerprint density at radius 2 is 1.67 bits per heavy atom. The largest absolute Gasteiger partial charge is 0.493 e. The van der Waals surface area contributed by atoms with Crippen LogP contribution in [-0.2, 0) is 0 Å². The lowest BCUT2D eigenvalue weighted by atomic mass is 10.1. The maximum Gasteiger partial charge on any atom is 0.161 e. The number of para-hydroxylation sites is 1. The number of ether oxygens (including phenoxy) is 3. The van der Waals surface area contributed by atoms with Crippen molar-refractivity contribution in [1.82, 2.24) is 0 Å². The Morgan fingerprint density at radius 1 is 0.952 bits per heavy atom. The van der Waals surface area contributed by atoms with Crippen molar-refractivity contribution in [3.63, 3.8) is 0 Å². The quantitative estimate of drug-likeness (QED) is 0.850. The predicted octanol–water partition coefficient (Wildman–Crippen LogP) is 3.21. The lowest BCUT2D eigenvalue weighted by molar-refractivity contribution is 0.140. The second-order valence-electron chi connectivity index (χ2n) is 4.58. The molecule has 1 atom stereocenters. The summed E-state index contributed by atoms with van der Waals surface area (Å²) in [6.45, 7) is 0.444. The standard InChI is InChI=1S/C17H20O4/c1-19-16-9-8-13(12-17(16)20-2)15(18)10-11-21-14-6-4-3-5-7-14/h3-9,12,15,18H,10-11H2,1-2H3. The minimum absolute atomic E-state index is 0.444. The highest BCUT2D eigenvalue weighted by molar-refractivity contribution is 5.43. The molecule has 2 aromatic rings. The monoisotopic (exact) mass is 288 g/mol. The van der Waals surface area contributed by atoms with Gasteiger partial charge in [-0.2, -0.15) is 0 Å². The molecule has 0 aliphatic rings. The summed E-state index contributed by atoms with van der Waals surface area (Å²) >= 11 is 0. The van der Waals surface area contributed by atoms with Crippen LogP contribution in [0.3, 0.4) is 0 Å². The fourth-order valence-corrected chi connectivity index (χ4v) is 2.03. The molecular formula is C17H20O4. The lowest BCUT2D eigenvalue weighted by Gasteiger charge is -2.14. The summed E-state index contributed by atoms with van der Waals surface area (Å²) in [6.07, 6.45) is -0.0989. The van der Waals surface area contributed by atoms with Gasteiger partial charge in [0.2, 0.25) is 0 Å². The van der Waals surface area contributed by atoms with Gasteiger partial charge < -0.3 is 19.3 Å². The van der Waals surface area contributed by atoms with Gasteiger partial charge in [0.15, 0.2) is 11.5 Å². The molecule has 0 bridgehead atoms. The highest BCUT2D eigenvalue weighted by Gasteiger charge is 2.11. The molecule has 0 spiro atoms. The Balaban J connectivity index is 1.92. The molecule has 112 valence electrons. The smallest absolute Gasteiger partial charge is 0.161 e. The molecule has 4 heteroatoms. The molecule has 2 rings (SSSR count). The predicted molar refractivity (Wildman–Crippen MR) is 81.1 cm³/mol. The molecule has 0 aliphatic carbocycles. The van der Waals surface area contributed by atoms with E-state index in [2.05, 4.69) is 0 Å². The summed E-state index contributed by atoms with van der Waals surface area (Å²) in [7, 11) is 3.16. The topological polar surface area (TPSA) is 47.9 Å². The van der Waals surface area contributed by atoms with Gasteiger partial charge in [0.05, 0.1) is 26.9 Å². The summed E-state index contributed by atoms with van der Waals surface area (Å²) in [5, 5.41) is 10.2. The van der Waals surface area contributed by atoms with Crippen LogP contribution >= 0.6 is 0 Å². The second-order valence-corrected chi connectivity index (χ2v) is 4.58. The van der Waals surface area contributed by atoms with E-state index in [1.54, 1.807) is 26.4 Å². The molecule has 21 heavy (non-hydrogen) atoms. The summed E-state index contributed by atoms with van der Waals surface area (Å²) < 4.78 is 16.0. The summed E-state index contributed by atoms with van der Waals surface area (Å²) in [6, 6.07) is 15.0. The van der Waals surface area contributed by atoms with Crippen LogP contribution in [0.25, 0.3) is 0 Å². The number of aliphatic hydroxyl groups is 1. The van der Waals surface area contributed by atoms with E-state index >= 15 is 0 Å². The Kier molecular flexibility index (Phi) is 5.46. The third-order valence-corrected chi connectivity index (χ3v) is 3.20. The van der Waals surface area contributed by atoms with E-state index < -0.39 is 6.10 Å². The molecular weight excluding hydrogens is 268 g/mol. The molecule has 0 radical (unpaired) electrons. The molecule has 0 fully saturated rings. The molecule has 1 N–H and O–H groups in total. The maximum absolute atomic E-state index is 10.2. The SMILES string of the molecule is COc1ccc(C(O)CCOc2ccccc2)cc1OC. The fourth-order valence-electron chi connectivity index (χ4n) is 2.03. The fraction of sp³-hybridized carbons (Fsp3) is 0.294. The van der Waals surface area contributed by atoms with E-state index in [9.17, 15) is 5.11 Å². The van der Waals surface area contributed by atoms with Crippen LogP contribution in [0, 0.1) is 0 Å². The number of hydrogen-bond donors (Lipinski definition) is 1. The summed E-state index contributed by atoms with van der Waals surface area (Å²) in [4.78, 5) is 0. The van der Waals surface area contributed by atoms with Crippen molar-refractivity contribution in [2.75, 3.05) is 20.8 Å². The van der Waals surface area contributed by atoms with Crippen molar-refractivity contribution in [3.05, 3.63) is 54.1 Å². The number of methoxy groups -OCH3 is 2. The first kappa shape index (κ1) is 15.2. The molecule has 0 heterocycles. The van der Waals surface area contributed by atoms with E-state index in [0.717, 1.165) is 11.3 Å². The van der Waals surface area contributed by atoms with Crippen molar-refractivity contribution >= 4 is 0 Å². The number of rotatable bonds is 7. The Morgan fingerprint density at radius 3 is 2.33 bits per heavy atom. The molecule has 2 aromatic carbocycles.